The van der Waals surface area contributed by atoms with Gasteiger partial charge in [0.2, 0.25) is 0 Å². The number of nitrogens with one attached hydrogen (secondary N) is 1. The maximum absolute atomic E-state index is 13.5. The maximum atomic E-state index is 13.5. The molecule has 0 aliphatic heterocycles. The van der Waals surface area contributed by atoms with E-state index in [-0.39, 0.29) is 10.6 Å². The first-order valence-corrected chi connectivity index (χ1v) is 11.5. The molecule has 0 atom stereocenters. The molecule has 0 unspecified atom stereocenters. The van der Waals surface area contributed by atoms with E-state index in [1.165, 1.54) is 38.6 Å². The van der Waals surface area contributed by atoms with Crippen molar-refractivity contribution in [1.29, 1.82) is 0 Å². The van der Waals surface area contributed by atoms with Crippen molar-refractivity contribution in [2.45, 2.75) is 11.8 Å². The molecule has 3 aromatic rings. The molecule has 8 nitrogen and oxygen atoms in total. The molecule has 0 fully saturated rings. The van der Waals surface area contributed by atoms with Gasteiger partial charge in [-0.15, -0.1) is 0 Å². The topological polar surface area (TPSA) is 97.3 Å². The summed E-state index contributed by atoms with van der Waals surface area (Å²) >= 11 is 0. The van der Waals surface area contributed by atoms with Crippen LogP contribution in [0.1, 0.15) is 11.1 Å². The molecule has 0 heterocycles. The number of carbonyl (C=O) groups is 1. The molecule has 172 valence electrons. The van der Waals surface area contributed by atoms with Gasteiger partial charge in [-0.1, -0.05) is 48.0 Å². The van der Waals surface area contributed by atoms with Crippen molar-refractivity contribution in [3.05, 3.63) is 83.9 Å². The number of rotatable bonds is 9. The fraction of sp³-hybridized carbons (Fsp3) is 0.167. The number of benzene rings is 3. The van der Waals surface area contributed by atoms with E-state index < -0.39 is 22.5 Å². The van der Waals surface area contributed by atoms with Crippen molar-refractivity contribution in [3.8, 4) is 11.5 Å². The molecule has 33 heavy (non-hydrogen) atoms. The van der Waals surface area contributed by atoms with Crippen LogP contribution in [0.15, 0.2) is 82.8 Å². The van der Waals surface area contributed by atoms with Gasteiger partial charge in [-0.05, 0) is 36.8 Å². The van der Waals surface area contributed by atoms with Crippen LogP contribution in [0, 0.1) is 6.92 Å². The van der Waals surface area contributed by atoms with E-state index in [1.54, 1.807) is 30.3 Å². The summed E-state index contributed by atoms with van der Waals surface area (Å²) in [5.41, 5.74) is 4.64. The molecule has 0 spiro atoms. The Morgan fingerprint density at radius 1 is 0.970 bits per heavy atom. The summed E-state index contributed by atoms with van der Waals surface area (Å²) in [5, 5.41) is 3.94. The van der Waals surface area contributed by atoms with Crippen LogP contribution in [0.5, 0.6) is 11.5 Å². The van der Waals surface area contributed by atoms with Gasteiger partial charge in [0.1, 0.15) is 6.54 Å². The number of nitrogens with zero attached hydrogens (tertiary/aromatic N) is 2. The molecule has 9 heteroatoms. The van der Waals surface area contributed by atoms with Crippen molar-refractivity contribution < 1.29 is 22.7 Å². The van der Waals surface area contributed by atoms with Crippen molar-refractivity contribution >= 4 is 27.8 Å². The van der Waals surface area contributed by atoms with Crippen LogP contribution in [0.4, 0.5) is 5.69 Å². The summed E-state index contributed by atoms with van der Waals surface area (Å²) in [7, 11) is -1.22. The largest absolute Gasteiger partial charge is 0.493 e. The number of anilines is 1. The standard InChI is InChI=1S/C24H25N3O5S/c1-18-9-11-19(12-10-18)16-25-26-24(28)17-27(20-7-5-4-6-8-20)33(29,30)21-13-14-22(31-2)23(15-21)32-3/h4-16H,17H2,1-3H3,(H,26,28)/b25-16-. The summed E-state index contributed by atoms with van der Waals surface area (Å²) in [6.45, 7) is 1.51. The summed E-state index contributed by atoms with van der Waals surface area (Å²) in [6.07, 6.45) is 1.49. The average Bonchev–Trinajstić information content (AvgIpc) is 2.83. The van der Waals surface area contributed by atoms with Gasteiger partial charge in [-0.25, -0.2) is 13.8 Å². The molecule has 0 aliphatic carbocycles. The normalized spacial score (nSPS) is 11.2. The quantitative estimate of drug-likeness (QED) is 0.384. The van der Waals surface area contributed by atoms with Crippen molar-refractivity contribution in [3.63, 3.8) is 0 Å². The third-order valence-corrected chi connectivity index (χ3v) is 6.52. The Labute approximate surface area is 193 Å². The average molecular weight is 468 g/mol. The summed E-state index contributed by atoms with van der Waals surface area (Å²) in [5.74, 6) is 0.0656. The highest BCUT2D eigenvalue weighted by molar-refractivity contribution is 7.92. The lowest BCUT2D eigenvalue weighted by molar-refractivity contribution is -0.119. The minimum atomic E-state index is -4.10. The number of methoxy groups -OCH3 is 2. The van der Waals surface area contributed by atoms with E-state index in [9.17, 15) is 13.2 Å². The van der Waals surface area contributed by atoms with Crippen LogP contribution in [0.3, 0.4) is 0 Å². The Kier molecular flexibility index (Phi) is 7.68. The summed E-state index contributed by atoms with van der Waals surface area (Å²) < 4.78 is 38.4. The predicted octanol–water partition coefficient (Wildman–Crippen LogP) is 3.36. The van der Waals surface area contributed by atoms with Gasteiger partial charge >= 0.3 is 0 Å². The Bertz CT molecular complexity index is 1230. The second kappa shape index (κ2) is 10.6. The number of hydrazone groups is 1. The number of aryl methyl sites for hydroxylation is 1. The van der Waals surface area contributed by atoms with Gasteiger partial charge in [0.25, 0.3) is 15.9 Å². The zero-order valence-electron chi connectivity index (χ0n) is 18.6. The molecule has 1 amide bonds. The lowest BCUT2D eigenvalue weighted by Gasteiger charge is -2.24. The molecule has 3 rings (SSSR count). The predicted molar refractivity (Wildman–Crippen MR) is 127 cm³/mol. The van der Waals surface area contributed by atoms with Gasteiger partial charge in [0.15, 0.2) is 11.5 Å². The number of hydrogen-bond acceptors (Lipinski definition) is 6. The van der Waals surface area contributed by atoms with Gasteiger partial charge in [0.05, 0.1) is 31.0 Å². The molecule has 1 N–H and O–H groups in total. The van der Waals surface area contributed by atoms with Crippen LogP contribution in [0.25, 0.3) is 0 Å². The first-order valence-electron chi connectivity index (χ1n) is 10.0. The summed E-state index contributed by atoms with van der Waals surface area (Å²) in [4.78, 5) is 12.6. The third-order valence-electron chi connectivity index (χ3n) is 4.75. The van der Waals surface area contributed by atoms with Crippen molar-refractivity contribution in [1.82, 2.24) is 5.43 Å². The van der Waals surface area contributed by atoms with E-state index in [4.69, 9.17) is 9.47 Å². The number of amides is 1. The Balaban J connectivity index is 1.86. The molecular formula is C24H25N3O5S. The number of carbonyl (C=O) groups excluding carboxylic acids is 1. The van der Waals surface area contributed by atoms with E-state index in [0.29, 0.717) is 11.4 Å². The highest BCUT2D eigenvalue weighted by Crippen LogP contribution is 2.32. The van der Waals surface area contributed by atoms with Gasteiger partial charge < -0.3 is 9.47 Å². The second-order valence-electron chi connectivity index (χ2n) is 7.07. The Morgan fingerprint density at radius 2 is 1.64 bits per heavy atom. The molecule has 0 saturated heterocycles. The van der Waals surface area contributed by atoms with Gasteiger partial charge in [0, 0.05) is 6.07 Å². The zero-order valence-corrected chi connectivity index (χ0v) is 19.4. The van der Waals surface area contributed by atoms with Crippen molar-refractivity contribution in [2.24, 2.45) is 5.10 Å². The molecule has 0 aliphatic rings. The van der Waals surface area contributed by atoms with E-state index >= 15 is 0 Å². The monoisotopic (exact) mass is 467 g/mol. The smallest absolute Gasteiger partial charge is 0.264 e. The highest BCUT2D eigenvalue weighted by atomic mass is 32.2. The number of hydrogen-bond donors (Lipinski definition) is 1. The molecule has 3 aromatic carbocycles. The van der Waals surface area contributed by atoms with Crippen molar-refractivity contribution in [2.75, 3.05) is 25.1 Å². The van der Waals surface area contributed by atoms with Crippen LogP contribution in [0.2, 0.25) is 0 Å². The highest BCUT2D eigenvalue weighted by Gasteiger charge is 2.28. The SMILES string of the molecule is COc1ccc(S(=O)(=O)N(CC(=O)N/N=C\c2ccc(C)cc2)c2ccccc2)cc1OC. The first-order chi connectivity index (χ1) is 15.8. The minimum absolute atomic E-state index is 0.0417. The zero-order chi connectivity index (χ0) is 23.8. The van der Waals surface area contributed by atoms with Crippen LogP contribution < -0.4 is 19.2 Å². The number of ether oxygens (including phenoxy) is 2. The van der Waals surface area contributed by atoms with Gasteiger partial charge in [-0.3, -0.25) is 9.10 Å². The van der Waals surface area contributed by atoms with E-state index in [0.717, 1.165) is 15.4 Å². The number of sulfonamides is 1. The fourth-order valence-corrected chi connectivity index (χ4v) is 4.45. The van der Waals surface area contributed by atoms with Crippen LogP contribution in [-0.2, 0) is 14.8 Å². The maximum Gasteiger partial charge on any atom is 0.264 e. The van der Waals surface area contributed by atoms with Crippen LogP contribution in [-0.4, -0.2) is 41.3 Å². The lowest BCUT2D eigenvalue weighted by Crippen LogP contribution is -2.39. The minimum Gasteiger partial charge on any atom is -0.493 e. The van der Waals surface area contributed by atoms with Gasteiger partial charge in [-0.2, -0.15) is 5.10 Å². The molecule has 0 bridgehead atoms. The Hall–Kier alpha value is -3.85. The van der Waals surface area contributed by atoms with E-state index in [1.807, 2.05) is 31.2 Å². The third kappa shape index (κ3) is 5.89. The molecule has 0 aromatic heterocycles. The molecule has 0 radical (unpaired) electrons. The lowest BCUT2D eigenvalue weighted by atomic mass is 10.2. The first kappa shape index (κ1) is 23.8. The molecular weight excluding hydrogens is 442 g/mol. The number of para-hydroxylation sites is 1. The van der Waals surface area contributed by atoms with Crippen LogP contribution >= 0.6 is 0 Å². The second-order valence-corrected chi connectivity index (χ2v) is 8.93. The Morgan fingerprint density at radius 3 is 2.27 bits per heavy atom. The molecule has 0 saturated carbocycles. The fourth-order valence-electron chi connectivity index (χ4n) is 3.01. The summed E-state index contributed by atoms with van der Waals surface area (Å²) in [6, 6.07) is 20.2. The van der Waals surface area contributed by atoms with E-state index in [2.05, 4.69) is 10.5 Å².